The Kier molecular flexibility index (Phi) is 6.39. The first kappa shape index (κ1) is 21.5. The number of rotatable bonds is 2. The predicted molar refractivity (Wildman–Crippen MR) is 109 cm³/mol. The molecule has 143 valence electrons. The molecule has 1 radical (unpaired) electrons. The third-order valence-corrected chi connectivity index (χ3v) is 4.64. The van der Waals surface area contributed by atoms with Gasteiger partial charge in [-0.25, -0.2) is 0 Å². The molecule has 0 aliphatic heterocycles. The first-order valence-corrected chi connectivity index (χ1v) is 9.10. The minimum Gasteiger partial charge on any atom is -0.304 e. The van der Waals surface area contributed by atoms with Gasteiger partial charge in [0, 0.05) is 38.2 Å². The van der Waals surface area contributed by atoms with E-state index in [1.807, 2.05) is 18.5 Å². The van der Waals surface area contributed by atoms with Gasteiger partial charge in [-0.15, -0.1) is 29.8 Å². The zero-order valence-corrected chi connectivity index (χ0v) is 19.3. The Balaban J connectivity index is 0.00000261. The second-order valence-corrected chi connectivity index (χ2v) is 8.86. The normalized spacial score (nSPS) is 11.8. The summed E-state index contributed by atoms with van der Waals surface area (Å²) in [7, 11) is 0. The SMILES string of the molecule is CC(C)(C)c1ccc(-c2[c-]cc(-c3ccc(C(C)(C)C)cn3)cc2)nc1.[Ir]. The van der Waals surface area contributed by atoms with Gasteiger partial charge in [-0.1, -0.05) is 65.3 Å². The molecule has 0 fully saturated rings. The van der Waals surface area contributed by atoms with Crippen molar-refractivity contribution in [1.29, 1.82) is 0 Å². The molecule has 0 aliphatic carbocycles. The second kappa shape index (κ2) is 8.04. The van der Waals surface area contributed by atoms with Gasteiger partial charge in [0.1, 0.15) is 0 Å². The van der Waals surface area contributed by atoms with E-state index in [1.54, 1.807) is 0 Å². The van der Waals surface area contributed by atoms with Crippen molar-refractivity contribution in [3.8, 4) is 22.5 Å². The summed E-state index contributed by atoms with van der Waals surface area (Å²) in [5, 5.41) is 0. The fourth-order valence-corrected chi connectivity index (χ4v) is 2.75. The molecule has 0 saturated carbocycles. The van der Waals surface area contributed by atoms with E-state index in [4.69, 9.17) is 0 Å². The summed E-state index contributed by atoms with van der Waals surface area (Å²) in [6, 6.07) is 18.0. The summed E-state index contributed by atoms with van der Waals surface area (Å²) in [6.07, 6.45) is 3.93. The van der Waals surface area contributed by atoms with Crippen molar-refractivity contribution in [3.05, 3.63) is 72.1 Å². The van der Waals surface area contributed by atoms with Crippen LogP contribution in [0.2, 0.25) is 0 Å². The number of benzene rings is 1. The molecule has 3 heteroatoms. The summed E-state index contributed by atoms with van der Waals surface area (Å²) in [5.41, 5.74) is 6.69. The average molecular weight is 536 g/mol. The monoisotopic (exact) mass is 536 g/mol. The smallest absolute Gasteiger partial charge is 0.0302 e. The maximum atomic E-state index is 4.62. The van der Waals surface area contributed by atoms with Crippen LogP contribution < -0.4 is 0 Å². The molecule has 0 atom stereocenters. The van der Waals surface area contributed by atoms with E-state index in [1.165, 1.54) is 11.1 Å². The number of hydrogen-bond acceptors (Lipinski definition) is 2. The van der Waals surface area contributed by atoms with Crippen LogP contribution >= 0.6 is 0 Å². The maximum Gasteiger partial charge on any atom is 0.0302 e. The fraction of sp³-hybridized carbons (Fsp3) is 0.333. The first-order valence-electron chi connectivity index (χ1n) is 9.10. The molecule has 2 aromatic heterocycles. The van der Waals surface area contributed by atoms with Crippen LogP contribution in [0, 0.1) is 6.07 Å². The zero-order valence-electron chi connectivity index (χ0n) is 16.9. The fourth-order valence-electron chi connectivity index (χ4n) is 2.75. The largest absolute Gasteiger partial charge is 0.304 e. The number of nitrogens with zero attached hydrogens (tertiary/aromatic N) is 2. The topological polar surface area (TPSA) is 25.8 Å². The Labute approximate surface area is 176 Å². The van der Waals surface area contributed by atoms with Crippen molar-refractivity contribution in [2.45, 2.75) is 52.4 Å². The molecule has 1 aromatic carbocycles. The van der Waals surface area contributed by atoms with Gasteiger partial charge >= 0.3 is 0 Å². The van der Waals surface area contributed by atoms with E-state index in [0.717, 1.165) is 22.5 Å². The van der Waals surface area contributed by atoms with Gasteiger partial charge in [-0.05, 0) is 33.7 Å². The van der Waals surface area contributed by atoms with Crippen molar-refractivity contribution in [2.24, 2.45) is 0 Å². The van der Waals surface area contributed by atoms with Crippen LogP contribution in [-0.2, 0) is 30.9 Å². The molecule has 3 aromatic rings. The minimum absolute atomic E-state index is 0. The third kappa shape index (κ3) is 5.12. The van der Waals surface area contributed by atoms with Gasteiger partial charge in [0.2, 0.25) is 0 Å². The summed E-state index contributed by atoms with van der Waals surface area (Å²) in [4.78, 5) is 9.23. The molecule has 2 heterocycles. The molecular formula is C24H27IrN2-. The Bertz CT molecular complexity index is 790. The van der Waals surface area contributed by atoms with Crippen molar-refractivity contribution in [2.75, 3.05) is 0 Å². The Morgan fingerprint density at radius 2 is 1.19 bits per heavy atom. The van der Waals surface area contributed by atoms with Crippen molar-refractivity contribution < 1.29 is 20.1 Å². The molecular weight excluding hydrogens is 508 g/mol. The van der Waals surface area contributed by atoms with Crippen LogP contribution in [0.15, 0.2) is 54.9 Å². The number of hydrogen-bond donors (Lipinski definition) is 0. The molecule has 0 bridgehead atoms. The summed E-state index contributed by atoms with van der Waals surface area (Å²) >= 11 is 0. The molecule has 0 amide bonds. The second-order valence-electron chi connectivity index (χ2n) is 8.86. The van der Waals surface area contributed by atoms with E-state index in [9.17, 15) is 0 Å². The van der Waals surface area contributed by atoms with Crippen LogP contribution in [0.5, 0.6) is 0 Å². The Hall–Kier alpha value is -1.83. The Morgan fingerprint density at radius 3 is 1.56 bits per heavy atom. The van der Waals surface area contributed by atoms with Crippen LogP contribution in [0.4, 0.5) is 0 Å². The van der Waals surface area contributed by atoms with E-state index in [0.29, 0.717) is 0 Å². The van der Waals surface area contributed by atoms with Gasteiger partial charge < -0.3 is 4.98 Å². The van der Waals surface area contributed by atoms with Gasteiger partial charge in [-0.2, -0.15) is 0 Å². The minimum atomic E-state index is 0. The van der Waals surface area contributed by atoms with Crippen LogP contribution in [-0.4, -0.2) is 9.97 Å². The zero-order chi connectivity index (χ0) is 18.9. The van der Waals surface area contributed by atoms with Crippen molar-refractivity contribution in [3.63, 3.8) is 0 Å². The molecule has 2 nitrogen and oxygen atoms in total. The first-order chi connectivity index (χ1) is 12.1. The summed E-state index contributed by atoms with van der Waals surface area (Å²) < 4.78 is 0. The molecule has 0 N–H and O–H groups in total. The van der Waals surface area contributed by atoms with E-state index >= 15 is 0 Å². The molecule has 0 aliphatic rings. The molecule has 27 heavy (non-hydrogen) atoms. The van der Waals surface area contributed by atoms with Crippen molar-refractivity contribution in [1.82, 2.24) is 9.97 Å². The van der Waals surface area contributed by atoms with Crippen LogP contribution in [0.25, 0.3) is 22.5 Å². The van der Waals surface area contributed by atoms with E-state index in [-0.39, 0.29) is 30.9 Å². The van der Waals surface area contributed by atoms with Gasteiger partial charge in [0.05, 0.1) is 0 Å². The van der Waals surface area contributed by atoms with Crippen LogP contribution in [0.1, 0.15) is 52.7 Å². The van der Waals surface area contributed by atoms with Crippen LogP contribution in [0.3, 0.4) is 0 Å². The standard InChI is InChI=1S/C24H27N2.Ir/c1-23(2,3)19-11-13-21(25-15-19)17-7-9-18(10-8-17)22-14-12-20(16-26-22)24(4,5)6;/h7-9,11-16H,1-6H3;/q-1;. The third-order valence-electron chi connectivity index (χ3n) is 4.64. The molecule has 0 saturated heterocycles. The van der Waals surface area contributed by atoms with Gasteiger partial charge in [0.25, 0.3) is 0 Å². The average Bonchev–Trinajstić information content (AvgIpc) is 2.61. The molecule has 3 rings (SSSR count). The van der Waals surface area contributed by atoms with Gasteiger partial charge in [0.15, 0.2) is 0 Å². The predicted octanol–water partition coefficient (Wildman–Crippen LogP) is 6.20. The van der Waals surface area contributed by atoms with Crippen molar-refractivity contribution >= 4 is 0 Å². The number of aromatic nitrogens is 2. The molecule has 0 unspecified atom stereocenters. The summed E-state index contributed by atoms with van der Waals surface area (Å²) in [6.45, 7) is 13.2. The van der Waals surface area contributed by atoms with E-state index in [2.05, 4.69) is 94.0 Å². The van der Waals surface area contributed by atoms with E-state index < -0.39 is 0 Å². The Morgan fingerprint density at radius 1 is 0.667 bits per heavy atom. The quantitative estimate of drug-likeness (QED) is 0.365. The summed E-state index contributed by atoms with van der Waals surface area (Å²) in [5.74, 6) is 0. The maximum absolute atomic E-state index is 4.62. The molecule has 0 spiro atoms. The number of pyridine rings is 2. The van der Waals surface area contributed by atoms with Gasteiger partial charge in [-0.3, -0.25) is 4.98 Å².